The lowest BCUT2D eigenvalue weighted by molar-refractivity contribution is 0.0725. The lowest BCUT2D eigenvalue weighted by Gasteiger charge is -2.26. The first-order valence-corrected chi connectivity index (χ1v) is 10.5. The van der Waals surface area contributed by atoms with E-state index in [1.165, 1.54) is 5.56 Å². The number of unbranched alkanes of at least 4 members (excludes halogenated alkanes) is 1. The lowest BCUT2D eigenvalue weighted by atomic mass is 10.1. The van der Waals surface area contributed by atoms with E-state index in [0.29, 0.717) is 12.4 Å². The summed E-state index contributed by atoms with van der Waals surface area (Å²) in [5, 5.41) is 3.26. The lowest BCUT2D eigenvalue weighted by Crippen LogP contribution is -2.46. The Bertz CT molecular complexity index is 995. The molecule has 0 saturated carbocycles. The molecule has 3 aromatic rings. The van der Waals surface area contributed by atoms with Crippen LogP contribution in [0.4, 0.5) is 0 Å². The van der Waals surface area contributed by atoms with Crippen molar-refractivity contribution >= 4 is 16.9 Å². The highest BCUT2D eigenvalue weighted by atomic mass is 16.5. The number of nitrogens with zero attached hydrogens (tertiary/aromatic N) is 2. The second kappa shape index (κ2) is 9.63. The second-order valence-corrected chi connectivity index (χ2v) is 7.46. The third-order valence-electron chi connectivity index (χ3n) is 5.32. The van der Waals surface area contributed by atoms with Crippen molar-refractivity contribution in [1.29, 1.82) is 0 Å². The summed E-state index contributed by atoms with van der Waals surface area (Å²) in [5.74, 6) is 2.03. The normalized spacial score (nSPS) is 14.1. The van der Waals surface area contributed by atoms with Crippen LogP contribution in [-0.2, 0) is 6.42 Å². The number of piperazine rings is 1. The summed E-state index contributed by atoms with van der Waals surface area (Å²) in [6, 6.07) is 13.8. The maximum Gasteiger partial charge on any atom is 0.289 e. The average Bonchev–Trinajstić information content (AvgIpc) is 3.22. The van der Waals surface area contributed by atoms with Gasteiger partial charge in [-0.15, -0.1) is 0 Å². The fourth-order valence-electron chi connectivity index (χ4n) is 3.64. The van der Waals surface area contributed by atoms with Crippen molar-refractivity contribution in [1.82, 2.24) is 20.2 Å². The van der Waals surface area contributed by atoms with E-state index in [2.05, 4.69) is 27.4 Å². The molecule has 0 aliphatic carbocycles. The Balaban J connectivity index is 1.28. The molecule has 0 atom stereocenters. The number of methoxy groups -OCH3 is 1. The number of aromatic amines is 1. The Morgan fingerprint density at radius 1 is 1.10 bits per heavy atom. The van der Waals surface area contributed by atoms with Gasteiger partial charge in [-0.1, -0.05) is 12.1 Å². The molecule has 0 spiro atoms. The number of hydrogen-bond acceptors (Lipinski definition) is 5. The molecule has 1 aliphatic rings. The van der Waals surface area contributed by atoms with E-state index < -0.39 is 0 Å². The first-order chi connectivity index (χ1) is 14.7. The molecule has 1 fully saturated rings. The van der Waals surface area contributed by atoms with Gasteiger partial charge in [0, 0.05) is 32.2 Å². The third-order valence-corrected chi connectivity index (χ3v) is 5.32. The molecule has 30 heavy (non-hydrogen) atoms. The third kappa shape index (κ3) is 4.91. The molecule has 1 aliphatic heterocycles. The number of rotatable bonds is 8. The molecule has 7 nitrogen and oxygen atoms in total. The molecule has 4 rings (SSSR count). The van der Waals surface area contributed by atoms with Crippen molar-refractivity contribution in [2.45, 2.75) is 19.3 Å². The van der Waals surface area contributed by atoms with E-state index in [1.54, 1.807) is 7.11 Å². The molecule has 2 N–H and O–H groups in total. The van der Waals surface area contributed by atoms with Crippen LogP contribution in [0.3, 0.4) is 0 Å². The number of amides is 1. The van der Waals surface area contributed by atoms with Gasteiger partial charge in [-0.3, -0.25) is 4.79 Å². The van der Waals surface area contributed by atoms with E-state index in [-0.39, 0.29) is 5.91 Å². The van der Waals surface area contributed by atoms with Crippen molar-refractivity contribution < 1.29 is 14.3 Å². The summed E-state index contributed by atoms with van der Waals surface area (Å²) in [6.45, 7) is 3.77. The van der Waals surface area contributed by atoms with Gasteiger partial charge in [0.15, 0.2) is 5.82 Å². The predicted molar refractivity (Wildman–Crippen MR) is 116 cm³/mol. The van der Waals surface area contributed by atoms with Gasteiger partial charge in [0.2, 0.25) is 0 Å². The first kappa shape index (κ1) is 20.2. The molecule has 7 heteroatoms. The minimum atomic E-state index is -0.0241. The zero-order valence-electron chi connectivity index (χ0n) is 17.3. The quantitative estimate of drug-likeness (QED) is 0.560. The average molecular weight is 409 g/mol. The maximum absolute atomic E-state index is 12.6. The number of benzene rings is 2. The molecular formula is C23H28N4O3. The topological polar surface area (TPSA) is 79.5 Å². The number of aromatic nitrogens is 2. The summed E-state index contributed by atoms with van der Waals surface area (Å²) in [4.78, 5) is 22.2. The Labute approximate surface area is 176 Å². The van der Waals surface area contributed by atoms with Crippen LogP contribution in [-0.4, -0.2) is 60.7 Å². The molecule has 0 bridgehead atoms. The summed E-state index contributed by atoms with van der Waals surface area (Å²) in [5.41, 5.74) is 2.98. The number of carbonyl (C=O) groups excluding carboxylic acids is 1. The molecule has 1 amide bonds. The summed E-state index contributed by atoms with van der Waals surface area (Å²) in [7, 11) is 1.65. The van der Waals surface area contributed by atoms with Crippen LogP contribution in [0.2, 0.25) is 0 Å². The highest BCUT2D eigenvalue weighted by Gasteiger charge is 2.20. The zero-order valence-corrected chi connectivity index (χ0v) is 17.3. The Hall–Kier alpha value is -3.06. The number of fused-ring (bicyclic) bond motifs is 1. The van der Waals surface area contributed by atoms with Gasteiger partial charge in [-0.05, 0) is 49.1 Å². The van der Waals surface area contributed by atoms with Gasteiger partial charge >= 0.3 is 0 Å². The van der Waals surface area contributed by atoms with E-state index in [9.17, 15) is 4.79 Å². The Kier molecular flexibility index (Phi) is 6.49. The Morgan fingerprint density at radius 2 is 1.93 bits per heavy atom. The van der Waals surface area contributed by atoms with Crippen molar-refractivity contribution in [2.24, 2.45) is 0 Å². The maximum atomic E-state index is 12.6. The van der Waals surface area contributed by atoms with Crippen molar-refractivity contribution in [3.8, 4) is 11.5 Å². The number of ether oxygens (including phenoxy) is 2. The van der Waals surface area contributed by atoms with Crippen LogP contribution in [0, 0.1) is 0 Å². The molecular weight excluding hydrogens is 380 g/mol. The van der Waals surface area contributed by atoms with Gasteiger partial charge in [-0.2, -0.15) is 0 Å². The smallest absolute Gasteiger partial charge is 0.289 e. The first-order valence-electron chi connectivity index (χ1n) is 10.5. The standard InChI is InChI=1S/C23H28N4O3/c1-29-18-6-4-7-19(16-18)30-14-3-2-5-17-8-9-20-21(15-17)26-22(25-20)23(28)27-12-10-24-11-13-27/h4,6-9,15-16,24H,2-3,5,10-14H2,1H3,(H,25,26). The van der Waals surface area contributed by atoms with Crippen LogP contribution in [0.1, 0.15) is 29.0 Å². The van der Waals surface area contributed by atoms with Gasteiger partial charge in [-0.25, -0.2) is 4.98 Å². The fourth-order valence-corrected chi connectivity index (χ4v) is 3.64. The fraction of sp³-hybridized carbons (Fsp3) is 0.391. The minimum Gasteiger partial charge on any atom is -0.497 e. The van der Waals surface area contributed by atoms with Crippen molar-refractivity contribution in [2.75, 3.05) is 39.9 Å². The molecule has 1 saturated heterocycles. The SMILES string of the molecule is COc1cccc(OCCCCc2ccc3nc(C(=O)N4CCNCC4)[nH]c3c2)c1. The van der Waals surface area contributed by atoms with E-state index in [0.717, 1.165) is 68.0 Å². The van der Waals surface area contributed by atoms with Crippen LogP contribution >= 0.6 is 0 Å². The van der Waals surface area contributed by atoms with E-state index >= 15 is 0 Å². The van der Waals surface area contributed by atoms with Crippen LogP contribution in [0.15, 0.2) is 42.5 Å². The number of hydrogen-bond donors (Lipinski definition) is 2. The predicted octanol–water partition coefficient (Wildman–Crippen LogP) is 3.02. The summed E-state index contributed by atoms with van der Waals surface area (Å²) >= 11 is 0. The number of aryl methyl sites for hydroxylation is 1. The molecule has 2 heterocycles. The van der Waals surface area contributed by atoms with Crippen LogP contribution < -0.4 is 14.8 Å². The molecule has 158 valence electrons. The molecule has 2 aromatic carbocycles. The van der Waals surface area contributed by atoms with Crippen LogP contribution in [0.5, 0.6) is 11.5 Å². The largest absolute Gasteiger partial charge is 0.497 e. The molecule has 0 unspecified atom stereocenters. The summed E-state index contributed by atoms with van der Waals surface area (Å²) < 4.78 is 11.0. The van der Waals surface area contributed by atoms with E-state index in [1.807, 2.05) is 35.2 Å². The number of carbonyl (C=O) groups is 1. The highest BCUT2D eigenvalue weighted by Crippen LogP contribution is 2.20. The number of H-pyrrole nitrogens is 1. The van der Waals surface area contributed by atoms with Gasteiger partial charge < -0.3 is 24.7 Å². The zero-order chi connectivity index (χ0) is 20.8. The van der Waals surface area contributed by atoms with E-state index in [4.69, 9.17) is 9.47 Å². The van der Waals surface area contributed by atoms with Gasteiger partial charge in [0.05, 0.1) is 24.8 Å². The van der Waals surface area contributed by atoms with Gasteiger partial charge in [0.25, 0.3) is 5.91 Å². The Morgan fingerprint density at radius 3 is 2.77 bits per heavy atom. The van der Waals surface area contributed by atoms with Crippen molar-refractivity contribution in [3.05, 3.63) is 53.9 Å². The monoisotopic (exact) mass is 408 g/mol. The highest BCUT2D eigenvalue weighted by molar-refractivity contribution is 5.94. The molecule has 1 aromatic heterocycles. The van der Waals surface area contributed by atoms with Gasteiger partial charge in [0.1, 0.15) is 11.5 Å². The number of imidazole rings is 1. The van der Waals surface area contributed by atoms with Crippen molar-refractivity contribution in [3.63, 3.8) is 0 Å². The second-order valence-electron chi connectivity index (χ2n) is 7.46. The van der Waals surface area contributed by atoms with Crippen LogP contribution in [0.25, 0.3) is 11.0 Å². The minimum absolute atomic E-state index is 0.0241. The summed E-state index contributed by atoms with van der Waals surface area (Å²) in [6.07, 6.45) is 2.94. The molecule has 0 radical (unpaired) electrons. The number of nitrogens with one attached hydrogen (secondary N) is 2.